The van der Waals surface area contributed by atoms with E-state index in [-0.39, 0.29) is 5.91 Å². The van der Waals surface area contributed by atoms with Crippen molar-refractivity contribution in [1.82, 2.24) is 4.90 Å². The summed E-state index contributed by atoms with van der Waals surface area (Å²) in [6.45, 7) is 2.37. The molecule has 0 unspecified atom stereocenters. The highest BCUT2D eigenvalue weighted by atomic mass is 32.1. The molecular weight excluding hydrogens is 196 g/mol. The lowest BCUT2D eigenvalue weighted by Gasteiger charge is -2.15. The predicted molar refractivity (Wildman–Crippen MR) is 57.4 cm³/mol. The molecule has 0 aliphatic carbocycles. The van der Waals surface area contributed by atoms with Gasteiger partial charge in [-0.2, -0.15) is 11.3 Å². The molecule has 1 aliphatic rings. The number of amides is 1. The first-order chi connectivity index (χ1) is 6.81. The molecule has 4 heteroatoms. The van der Waals surface area contributed by atoms with Crippen LogP contribution in [0.25, 0.3) is 0 Å². The third-order valence-electron chi connectivity index (χ3n) is 2.67. The van der Waals surface area contributed by atoms with E-state index in [2.05, 4.69) is 0 Å². The number of rotatable bonds is 2. The van der Waals surface area contributed by atoms with Crippen LogP contribution in [0.4, 0.5) is 0 Å². The minimum atomic E-state index is 0.155. The maximum Gasteiger partial charge on any atom is 0.254 e. The summed E-state index contributed by atoms with van der Waals surface area (Å²) >= 11 is 1.56. The van der Waals surface area contributed by atoms with E-state index >= 15 is 0 Å². The standard InChI is InChI=1S/C10H14N2OS/c11-5-8-1-3-12(6-8)10(13)9-2-4-14-7-9/h2,4,7-8H,1,3,5-6,11H2/t8-/m0/s1. The molecule has 0 aromatic carbocycles. The van der Waals surface area contributed by atoms with Gasteiger partial charge in [0.25, 0.3) is 5.91 Å². The van der Waals surface area contributed by atoms with Crippen LogP contribution in [0.3, 0.4) is 0 Å². The molecule has 1 aromatic rings. The maximum absolute atomic E-state index is 11.9. The van der Waals surface area contributed by atoms with Crippen LogP contribution in [0.15, 0.2) is 16.8 Å². The number of likely N-dealkylation sites (tertiary alicyclic amines) is 1. The van der Waals surface area contributed by atoms with Gasteiger partial charge >= 0.3 is 0 Å². The molecule has 0 radical (unpaired) electrons. The summed E-state index contributed by atoms with van der Waals surface area (Å²) < 4.78 is 0. The van der Waals surface area contributed by atoms with Gasteiger partial charge < -0.3 is 10.6 Å². The zero-order valence-corrected chi connectivity index (χ0v) is 8.80. The van der Waals surface area contributed by atoms with Gasteiger partial charge in [-0.15, -0.1) is 0 Å². The van der Waals surface area contributed by atoms with Gasteiger partial charge in [-0.05, 0) is 30.3 Å². The molecule has 0 spiro atoms. The van der Waals surface area contributed by atoms with Crippen molar-refractivity contribution in [2.45, 2.75) is 6.42 Å². The van der Waals surface area contributed by atoms with E-state index in [0.29, 0.717) is 12.5 Å². The van der Waals surface area contributed by atoms with Gasteiger partial charge in [0.2, 0.25) is 0 Å². The highest BCUT2D eigenvalue weighted by molar-refractivity contribution is 7.08. The third kappa shape index (κ3) is 1.81. The molecular formula is C10H14N2OS. The quantitative estimate of drug-likeness (QED) is 0.796. The molecule has 0 bridgehead atoms. The number of carbonyl (C=O) groups is 1. The molecule has 1 amide bonds. The molecule has 2 rings (SSSR count). The first-order valence-electron chi connectivity index (χ1n) is 4.83. The van der Waals surface area contributed by atoms with E-state index in [1.54, 1.807) is 11.3 Å². The van der Waals surface area contributed by atoms with Crippen LogP contribution in [0.2, 0.25) is 0 Å². The predicted octanol–water partition coefficient (Wildman–Crippen LogP) is 1.17. The number of thiophene rings is 1. The fraction of sp³-hybridized carbons (Fsp3) is 0.500. The van der Waals surface area contributed by atoms with Crippen molar-refractivity contribution >= 4 is 17.2 Å². The largest absolute Gasteiger partial charge is 0.338 e. The van der Waals surface area contributed by atoms with Gasteiger partial charge in [0, 0.05) is 18.5 Å². The van der Waals surface area contributed by atoms with Crippen LogP contribution in [-0.2, 0) is 0 Å². The van der Waals surface area contributed by atoms with Gasteiger partial charge in [0.15, 0.2) is 0 Å². The summed E-state index contributed by atoms with van der Waals surface area (Å²) in [5.41, 5.74) is 6.39. The summed E-state index contributed by atoms with van der Waals surface area (Å²) in [4.78, 5) is 13.8. The van der Waals surface area contributed by atoms with Gasteiger partial charge in [-0.1, -0.05) is 0 Å². The van der Waals surface area contributed by atoms with Gasteiger partial charge in [0.05, 0.1) is 5.56 Å². The molecule has 1 atom stereocenters. The van der Waals surface area contributed by atoms with Crippen LogP contribution in [0.5, 0.6) is 0 Å². The first kappa shape index (κ1) is 9.68. The van der Waals surface area contributed by atoms with E-state index in [1.165, 1.54) is 0 Å². The SMILES string of the molecule is NC[C@@H]1CCN(C(=O)c2ccsc2)C1. The van der Waals surface area contributed by atoms with Crippen LogP contribution in [-0.4, -0.2) is 30.4 Å². The Balaban J connectivity index is 2.00. The lowest BCUT2D eigenvalue weighted by molar-refractivity contribution is 0.0788. The Hall–Kier alpha value is -0.870. The van der Waals surface area contributed by atoms with Gasteiger partial charge in [-0.25, -0.2) is 0 Å². The summed E-state index contributed by atoms with van der Waals surface area (Å²) in [6.07, 6.45) is 1.05. The third-order valence-corrected chi connectivity index (χ3v) is 3.36. The van der Waals surface area contributed by atoms with Crippen molar-refractivity contribution in [1.29, 1.82) is 0 Å². The molecule has 2 heterocycles. The summed E-state index contributed by atoms with van der Waals surface area (Å²) in [7, 11) is 0. The number of carbonyl (C=O) groups excluding carboxylic acids is 1. The summed E-state index contributed by atoms with van der Waals surface area (Å²) in [5.74, 6) is 0.653. The molecule has 2 N–H and O–H groups in total. The normalized spacial score (nSPS) is 21.5. The van der Waals surface area contributed by atoms with E-state index in [1.807, 2.05) is 21.7 Å². The van der Waals surface area contributed by atoms with Crippen molar-refractivity contribution in [2.24, 2.45) is 11.7 Å². The Morgan fingerprint density at radius 1 is 1.71 bits per heavy atom. The number of hydrogen-bond acceptors (Lipinski definition) is 3. The van der Waals surface area contributed by atoms with Crippen molar-refractivity contribution in [2.75, 3.05) is 19.6 Å². The fourth-order valence-electron chi connectivity index (χ4n) is 1.78. The van der Waals surface area contributed by atoms with Crippen molar-refractivity contribution in [3.8, 4) is 0 Å². The topological polar surface area (TPSA) is 46.3 Å². The Morgan fingerprint density at radius 3 is 3.14 bits per heavy atom. The zero-order valence-electron chi connectivity index (χ0n) is 7.98. The van der Waals surface area contributed by atoms with Crippen LogP contribution in [0.1, 0.15) is 16.8 Å². The number of nitrogens with zero attached hydrogens (tertiary/aromatic N) is 1. The molecule has 76 valence electrons. The first-order valence-corrected chi connectivity index (χ1v) is 5.77. The minimum Gasteiger partial charge on any atom is -0.338 e. The molecule has 3 nitrogen and oxygen atoms in total. The lowest BCUT2D eigenvalue weighted by atomic mass is 10.1. The zero-order chi connectivity index (χ0) is 9.97. The molecule has 14 heavy (non-hydrogen) atoms. The van der Waals surface area contributed by atoms with Crippen LogP contribution in [0, 0.1) is 5.92 Å². The van der Waals surface area contributed by atoms with Gasteiger partial charge in [-0.3, -0.25) is 4.79 Å². The Labute approximate surface area is 87.5 Å². The molecule has 1 saturated heterocycles. The Kier molecular flexibility index (Phi) is 2.84. The van der Waals surface area contributed by atoms with Crippen LogP contribution < -0.4 is 5.73 Å². The smallest absolute Gasteiger partial charge is 0.254 e. The average Bonchev–Trinajstić information content (AvgIpc) is 2.88. The van der Waals surface area contributed by atoms with E-state index in [4.69, 9.17) is 5.73 Å². The van der Waals surface area contributed by atoms with Crippen molar-refractivity contribution in [3.63, 3.8) is 0 Å². The highest BCUT2D eigenvalue weighted by Crippen LogP contribution is 2.18. The van der Waals surface area contributed by atoms with E-state index in [9.17, 15) is 4.79 Å². The Morgan fingerprint density at radius 2 is 2.57 bits per heavy atom. The maximum atomic E-state index is 11.9. The second kappa shape index (κ2) is 4.11. The monoisotopic (exact) mass is 210 g/mol. The van der Waals surface area contributed by atoms with Crippen LogP contribution >= 0.6 is 11.3 Å². The fourth-order valence-corrected chi connectivity index (χ4v) is 2.41. The number of hydrogen-bond donors (Lipinski definition) is 1. The average molecular weight is 210 g/mol. The molecule has 1 fully saturated rings. The van der Waals surface area contributed by atoms with E-state index < -0.39 is 0 Å². The molecule has 1 aliphatic heterocycles. The molecule has 0 saturated carbocycles. The number of nitrogens with two attached hydrogens (primary N) is 1. The summed E-state index contributed by atoms with van der Waals surface area (Å²) in [5, 5.41) is 3.84. The van der Waals surface area contributed by atoms with E-state index in [0.717, 1.165) is 25.1 Å². The summed E-state index contributed by atoms with van der Waals surface area (Å²) in [6, 6.07) is 1.88. The lowest BCUT2D eigenvalue weighted by Crippen LogP contribution is -2.29. The second-order valence-electron chi connectivity index (χ2n) is 3.65. The Bertz CT molecular complexity index is 310. The minimum absolute atomic E-state index is 0.155. The molecule has 1 aromatic heterocycles. The van der Waals surface area contributed by atoms with Gasteiger partial charge in [0.1, 0.15) is 0 Å². The van der Waals surface area contributed by atoms with Crippen molar-refractivity contribution < 1.29 is 4.79 Å². The highest BCUT2D eigenvalue weighted by Gasteiger charge is 2.25. The second-order valence-corrected chi connectivity index (χ2v) is 4.43. The van der Waals surface area contributed by atoms with Crippen molar-refractivity contribution in [3.05, 3.63) is 22.4 Å².